The second kappa shape index (κ2) is 7.15. The first-order chi connectivity index (χ1) is 14.4. The van der Waals surface area contributed by atoms with Gasteiger partial charge in [-0.15, -0.1) is 0 Å². The maximum atomic E-state index is 12.7. The van der Waals surface area contributed by atoms with Crippen LogP contribution in [0.3, 0.4) is 0 Å². The molecule has 7 heteroatoms. The number of carbonyl (C=O) groups is 2. The Labute approximate surface area is 176 Å². The molecule has 2 amide bonds. The molecule has 0 radical (unpaired) electrons. The van der Waals surface area contributed by atoms with Gasteiger partial charge in [-0.3, -0.25) is 9.48 Å². The van der Waals surface area contributed by atoms with Crippen molar-refractivity contribution in [2.45, 2.75) is 63.1 Å². The van der Waals surface area contributed by atoms with Crippen LogP contribution < -0.4 is 10.1 Å². The summed E-state index contributed by atoms with van der Waals surface area (Å²) in [6.07, 6.45) is 4.47. The van der Waals surface area contributed by atoms with E-state index in [0.717, 1.165) is 6.42 Å². The highest BCUT2D eigenvalue weighted by atomic mass is 16.5. The Balaban J connectivity index is 1.18. The van der Waals surface area contributed by atoms with Crippen molar-refractivity contribution in [2.24, 2.45) is 0 Å². The summed E-state index contributed by atoms with van der Waals surface area (Å²) in [7, 11) is 0. The molecule has 1 aliphatic carbocycles. The van der Waals surface area contributed by atoms with Crippen LogP contribution >= 0.6 is 0 Å². The monoisotopic (exact) mass is 408 g/mol. The first-order valence-corrected chi connectivity index (χ1v) is 10.9. The molecule has 1 aromatic carbocycles. The van der Waals surface area contributed by atoms with Gasteiger partial charge < -0.3 is 15.0 Å². The molecule has 3 heterocycles. The lowest BCUT2D eigenvalue weighted by atomic mass is 9.84. The molecule has 2 atom stereocenters. The zero-order chi connectivity index (χ0) is 20.9. The first kappa shape index (κ1) is 19.2. The van der Waals surface area contributed by atoms with Crippen LogP contribution in [0.2, 0.25) is 0 Å². The lowest BCUT2D eigenvalue weighted by molar-refractivity contribution is -0.000853. The van der Waals surface area contributed by atoms with Crippen molar-refractivity contribution in [1.29, 1.82) is 0 Å². The number of urea groups is 1. The Morgan fingerprint density at radius 3 is 2.67 bits per heavy atom. The number of piperidine rings is 1. The topological polar surface area (TPSA) is 76.5 Å². The van der Waals surface area contributed by atoms with E-state index in [1.54, 1.807) is 4.68 Å². The van der Waals surface area contributed by atoms with Gasteiger partial charge in [0.2, 0.25) is 0 Å². The fraction of sp³-hybridized carbons (Fsp3) is 0.522. The van der Waals surface area contributed by atoms with Gasteiger partial charge in [0.05, 0.1) is 12.6 Å². The number of amides is 2. The van der Waals surface area contributed by atoms with Crippen molar-refractivity contribution in [2.75, 3.05) is 13.1 Å². The SMILES string of the molecule is CC(C)n1cc2c(n1)C(=O)CC1(CCN(C(=O)N[C@@H]3C[C@H]3c3ccccc3)CC1)O2. The van der Waals surface area contributed by atoms with E-state index in [1.807, 2.05) is 43.1 Å². The van der Waals surface area contributed by atoms with Crippen LogP contribution in [0.5, 0.6) is 5.75 Å². The smallest absolute Gasteiger partial charge is 0.317 e. The summed E-state index contributed by atoms with van der Waals surface area (Å²) in [6, 6.07) is 10.7. The first-order valence-electron chi connectivity index (χ1n) is 10.9. The number of hydrogen-bond acceptors (Lipinski definition) is 4. The molecule has 0 bridgehead atoms. The van der Waals surface area contributed by atoms with Gasteiger partial charge in [-0.2, -0.15) is 5.10 Å². The fourth-order valence-corrected chi connectivity index (χ4v) is 4.62. The Kier molecular flexibility index (Phi) is 4.56. The largest absolute Gasteiger partial charge is 0.483 e. The Bertz CT molecular complexity index is 960. The number of aromatic nitrogens is 2. The number of hydrogen-bond donors (Lipinski definition) is 1. The number of ether oxygens (including phenoxy) is 1. The van der Waals surface area contributed by atoms with Gasteiger partial charge in [0, 0.05) is 43.9 Å². The number of carbonyl (C=O) groups excluding carboxylic acids is 2. The zero-order valence-corrected chi connectivity index (χ0v) is 17.5. The summed E-state index contributed by atoms with van der Waals surface area (Å²) in [5.41, 5.74) is 1.21. The van der Waals surface area contributed by atoms with Crippen LogP contribution in [0.25, 0.3) is 0 Å². The molecule has 1 saturated carbocycles. The van der Waals surface area contributed by atoms with Gasteiger partial charge in [0.15, 0.2) is 17.2 Å². The van der Waals surface area contributed by atoms with Crippen LogP contribution in [-0.2, 0) is 0 Å². The van der Waals surface area contributed by atoms with E-state index in [4.69, 9.17) is 4.74 Å². The molecule has 1 aromatic heterocycles. The number of likely N-dealkylation sites (tertiary alicyclic amines) is 1. The van der Waals surface area contributed by atoms with Crippen molar-refractivity contribution in [3.8, 4) is 5.75 Å². The lowest BCUT2D eigenvalue weighted by Crippen LogP contribution is -2.54. The van der Waals surface area contributed by atoms with Gasteiger partial charge >= 0.3 is 6.03 Å². The van der Waals surface area contributed by atoms with Crippen LogP contribution in [-0.4, -0.2) is 51.2 Å². The molecule has 3 aliphatic rings. The number of nitrogens with one attached hydrogen (secondary N) is 1. The molecular weight excluding hydrogens is 380 g/mol. The fourth-order valence-electron chi connectivity index (χ4n) is 4.62. The van der Waals surface area contributed by atoms with Crippen molar-refractivity contribution in [3.63, 3.8) is 0 Å². The van der Waals surface area contributed by atoms with E-state index >= 15 is 0 Å². The number of ketones is 1. The number of Topliss-reactive ketones (excluding diaryl/α,β-unsaturated/α-hetero) is 1. The average Bonchev–Trinajstić information content (AvgIpc) is 3.36. The Morgan fingerprint density at radius 1 is 1.23 bits per heavy atom. The van der Waals surface area contributed by atoms with E-state index in [1.165, 1.54) is 5.56 Å². The molecule has 1 saturated heterocycles. The Morgan fingerprint density at radius 2 is 1.97 bits per heavy atom. The zero-order valence-electron chi connectivity index (χ0n) is 17.5. The number of benzene rings is 1. The van der Waals surface area contributed by atoms with E-state index < -0.39 is 5.60 Å². The molecule has 1 spiro atoms. The predicted molar refractivity (Wildman–Crippen MR) is 112 cm³/mol. The van der Waals surface area contributed by atoms with Crippen LogP contribution in [0.4, 0.5) is 4.79 Å². The minimum atomic E-state index is -0.516. The third-order valence-electron chi connectivity index (χ3n) is 6.59. The Hall–Kier alpha value is -2.83. The number of nitrogens with zero attached hydrogens (tertiary/aromatic N) is 3. The lowest BCUT2D eigenvalue weighted by Gasteiger charge is -2.42. The number of rotatable bonds is 3. The summed E-state index contributed by atoms with van der Waals surface area (Å²) in [6.45, 7) is 5.24. The highest BCUT2D eigenvalue weighted by molar-refractivity contribution is 5.98. The maximum Gasteiger partial charge on any atom is 0.317 e. The summed E-state index contributed by atoms with van der Waals surface area (Å²) >= 11 is 0. The highest BCUT2D eigenvalue weighted by Gasteiger charge is 2.46. The van der Waals surface area contributed by atoms with E-state index in [9.17, 15) is 9.59 Å². The molecule has 1 N–H and O–H groups in total. The molecule has 2 aromatic rings. The summed E-state index contributed by atoms with van der Waals surface area (Å²) < 4.78 is 8.08. The summed E-state index contributed by atoms with van der Waals surface area (Å²) in [4.78, 5) is 27.3. The molecule has 7 nitrogen and oxygen atoms in total. The minimum Gasteiger partial charge on any atom is -0.483 e. The summed E-state index contributed by atoms with van der Waals surface area (Å²) in [5.74, 6) is 1.04. The van der Waals surface area contributed by atoms with Crippen molar-refractivity contribution in [3.05, 3.63) is 47.8 Å². The second-order valence-corrected chi connectivity index (χ2v) is 9.10. The standard InChI is InChI=1S/C23H28N4O3/c1-15(2)27-14-20-21(25-27)19(28)13-23(30-20)8-10-26(11-9-23)22(29)24-18-12-17(18)16-6-4-3-5-7-16/h3-7,14-15,17-18H,8-13H2,1-2H3,(H,24,29)/t17-,18+/m0/s1. The third kappa shape index (κ3) is 3.46. The van der Waals surface area contributed by atoms with Crippen LogP contribution in [0, 0.1) is 0 Å². The maximum absolute atomic E-state index is 12.7. The molecule has 2 aliphatic heterocycles. The van der Waals surface area contributed by atoms with Gasteiger partial charge in [0.1, 0.15) is 5.60 Å². The van der Waals surface area contributed by atoms with Crippen molar-refractivity contribution in [1.82, 2.24) is 20.0 Å². The van der Waals surface area contributed by atoms with Crippen molar-refractivity contribution < 1.29 is 14.3 Å². The van der Waals surface area contributed by atoms with Gasteiger partial charge in [-0.25, -0.2) is 4.79 Å². The molecule has 158 valence electrons. The van der Waals surface area contributed by atoms with E-state index in [2.05, 4.69) is 22.5 Å². The van der Waals surface area contributed by atoms with Crippen LogP contribution in [0.15, 0.2) is 36.5 Å². The van der Waals surface area contributed by atoms with Gasteiger partial charge in [0.25, 0.3) is 0 Å². The molecule has 2 fully saturated rings. The normalized spacial score (nSPS) is 24.5. The molecule has 0 unspecified atom stereocenters. The van der Waals surface area contributed by atoms with E-state index in [-0.39, 0.29) is 23.9 Å². The van der Waals surface area contributed by atoms with Gasteiger partial charge in [-0.1, -0.05) is 30.3 Å². The van der Waals surface area contributed by atoms with Crippen LogP contribution in [0.1, 0.15) is 67.5 Å². The molecule has 5 rings (SSSR count). The second-order valence-electron chi connectivity index (χ2n) is 9.10. The summed E-state index contributed by atoms with van der Waals surface area (Å²) in [5, 5.41) is 7.56. The third-order valence-corrected chi connectivity index (χ3v) is 6.59. The van der Waals surface area contributed by atoms with Crippen molar-refractivity contribution >= 4 is 11.8 Å². The number of fused-ring (bicyclic) bond motifs is 1. The average molecular weight is 409 g/mol. The predicted octanol–water partition coefficient (Wildman–Crippen LogP) is 3.53. The molecule has 30 heavy (non-hydrogen) atoms. The van der Waals surface area contributed by atoms with Gasteiger partial charge in [-0.05, 0) is 25.8 Å². The highest BCUT2D eigenvalue weighted by Crippen LogP contribution is 2.42. The molecular formula is C23H28N4O3. The van der Waals surface area contributed by atoms with E-state index in [0.29, 0.717) is 49.7 Å². The quantitative estimate of drug-likeness (QED) is 0.843. The minimum absolute atomic E-state index is 0.0104.